The van der Waals surface area contributed by atoms with E-state index in [1.165, 1.54) is 0 Å². The Kier molecular flexibility index (Phi) is 4.37. The lowest BCUT2D eigenvalue weighted by molar-refractivity contribution is -0.127. The molecule has 1 amide bonds. The quantitative estimate of drug-likeness (QED) is 0.784. The van der Waals surface area contributed by atoms with Gasteiger partial charge in [0.1, 0.15) is 5.75 Å². The van der Waals surface area contributed by atoms with E-state index in [2.05, 4.69) is 5.32 Å². The molecule has 1 rings (SSSR count). The van der Waals surface area contributed by atoms with E-state index in [1.807, 2.05) is 32.9 Å². The monoisotopic (exact) mass is 236 g/mol. The van der Waals surface area contributed by atoms with E-state index in [0.29, 0.717) is 11.4 Å². The number of rotatable bonds is 4. The van der Waals surface area contributed by atoms with Crippen LogP contribution in [0, 0.1) is 6.92 Å². The highest BCUT2D eigenvalue weighted by molar-refractivity contribution is 5.81. The Morgan fingerprint density at radius 3 is 2.53 bits per heavy atom. The molecule has 4 heteroatoms. The smallest absolute Gasteiger partial charge is 0.260 e. The number of ether oxygens (including phenoxy) is 1. The SMILES string of the molecule is Cc1cccc(N)c1OC(C)C(=O)NC(C)C. The summed E-state index contributed by atoms with van der Waals surface area (Å²) >= 11 is 0. The van der Waals surface area contributed by atoms with Crippen molar-refractivity contribution in [2.75, 3.05) is 5.73 Å². The minimum Gasteiger partial charge on any atom is -0.478 e. The summed E-state index contributed by atoms with van der Waals surface area (Å²) in [5.41, 5.74) is 7.29. The summed E-state index contributed by atoms with van der Waals surface area (Å²) in [7, 11) is 0. The van der Waals surface area contributed by atoms with Crippen LogP contribution in [0.5, 0.6) is 5.75 Å². The van der Waals surface area contributed by atoms with Crippen LogP contribution in [0.4, 0.5) is 5.69 Å². The van der Waals surface area contributed by atoms with Gasteiger partial charge in [0.2, 0.25) is 0 Å². The molecule has 3 N–H and O–H groups in total. The summed E-state index contributed by atoms with van der Waals surface area (Å²) in [6, 6.07) is 5.62. The van der Waals surface area contributed by atoms with E-state index in [9.17, 15) is 4.79 Å². The maximum absolute atomic E-state index is 11.7. The number of carbonyl (C=O) groups excluding carboxylic acids is 1. The Hall–Kier alpha value is -1.71. The van der Waals surface area contributed by atoms with Gasteiger partial charge in [-0.15, -0.1) is 0 Å². The second-order valence-electron chi connectivity index (χ2n) is 4.42. The normalized spacial score (nSPS) is 12.3. The first-order valence-corrected chi connectivity index (χ1v) is 5.74. The van der Waals surface area contributed by atoms with Crippen molar-refractivity contribution < 1.29 is 9.53 Å². The van der Waals surface area contributed by atoms with Crippen molar-refractivity contribution in [2.24, 2.45) is 0 Å². The summed E-state index contributed by atoms with van der Waals surface area (Å²) in [5.74, 6) is 0.446. The van der Waals surface area contributed by atoms with Gasteiger partial charge in [-0.25, -0.2) is 0 Å². The van der Waals surface area contributed by atoms with E-state index >= 15 is 0 Å². The zero-order chi connectivity index (χ0) is 13.0. The molecule has 94 valence electrons. The van der Waals surface area contributed by atoms with Gasteiger partial charge in [-0.3, -0.25) is 4.79 Å². The number of anilines is 1. The summed E-state index contributed by atoms with van der Waals surface area (Å²) in [5, 5.41) is 2.80. The summed E-state index contributed by atoms with van der Waals surface area (Å²) in [6.07, 6.45) is -0.555. The minimum absolute atomic E-state index is 0.0998. The molecule has 1 unspecified atom stereocenters. The van der Waals surface area contributed by atoms with E-state index in [-0.39, 0.29) is 11.9 Å². The van der Waals surface area contributed by atoms with Gasteiger partial charge in [0.05, 0.1) is 5.69 Å². The number of benzene rings is 1. The third-order valence-electron chi connectivity index (χ3n) is 2.34. The van der Waals surface area contributed by atoms with Crippen molar-refractivity contribution in [2.45, 2.75) is 39.8 Å². The molecule has 1 aromatic carbocycles. The molecular weight excluding hydrogens is 216 g/mol. The van der Waals surface area contributed by atoms with E-state index in [4.69, 9.17) is 10.5 Å². The molecule has 0 saturated carbocycles. The summed E-state index contributed by atoms with van der Waals surface area (Å²) in [4.78, 5) is 11.7. The molecule has 0 aromatic heterocycles. The second-order valence-corrected chi connectivity index (χ2v) is 4.42. The van der Waals surface area contributed by atoms with Gasteiger partial charge in [0, 0.05) is 6.04 Å². The molecule has 0 fully saturated rings. The molecule has 0 spiro atoms. The van der Waals surface area contributed by atoms with Crippen molar-refractivity contribution in [3.8, 4) is 5.75 Å². The first-order chi connectivity index (χ1) is 7.91. The highest BCUT2D eigenvalue weighted by Gasteiger charge is 2.17. The fraction of sp³-hybridized carbons (Fsp3) is 0.462. The number of aryl methyl sites for hydroxylation is 1. The lowest BCUT2D eigenvalue weighted by Gasteiger charge is -2.18. The van der Waals surface area contributed by atoms with Crippen LogP contribution in [0.25, 0.3) is 0 Å². The molecule has 0 aliphatic carbocycles. The molecule has 0 heterocycles. The molecule has 0 radical (unpaired) electrons. The van der Waals surface area contributed by atoms with E-state index in [1.54, 1.807) is 13.0 Å². The molecule has 0 saturated heterocycles. The van der Waals surface area contributed by atoms with Gasteiger partial charge < -0.3 is 15.8 Å². The predicted octanol–water partition coefficient (Wildman–Crippen LogP) is 1.87. The van der Waals surface area contributed by atoms with Crippen LogP contribution in [0.1, 0.15) is 26.3 Å². The third kappa shape index (κ3) is 3.66. The van der Waals surface area contributed by atoms with Gasteiger partial charge in [0.25, 0.3) is 5.91 Å². The van der Waals surface area contributed by atoms with Crippen molar-refractivity contribution in [1.29, 1.82) is 0 Å². The van der Waals surface area contributed by atoms with Gasteiger partial charge in [0.15, 0.2) is 6.10 Å². The average molecular weight is 236 g/mol. The van der Waals surface area contributed by atoms with Crippen LogP contribution in [0.3, 0.4) is 0 Å². The fourth-order valence-corrected chi connectivity index (χ4v) is 1.47. The Morgan fingerprint density at radius 1 is 1.35 bits per heavy atom. The first-order valence-electron chi connectivity index (χ1n) is 5.74. The highest BCUT2D eigenvalue weighted by atomic mass is 16.5. The Balaban J connectivity index is 2.74. The van der Waals surface area contributed by atoms with Crippen molar-refractivity contribution >= 4 is 11.6 Å². The fourth-order valence-electron chi connectivity index (χ4n) is 1.47. The number of hydrogen-bond acceptors (Lipinski definition) is 3. The van der Waals surface area contributed by atoms with Crippen molar-refractivity contribution in [3.63, 3.8) is 0 Å². The van der Waals surface area contributed by atoms with Crippen LogP contribution in [0.2, 0.25) is 0 Å². The zero-order valence-corrected chi connectivity index (χ0v) is 10.8. The molecule has 1 aromatic rings. The zero-order valence-electron chi connectivity index (χ0n) is 10.8. The van der Waals surface area contributed by atoms with Gasteiger partial charge >= 0.3 is 0 Å². The molecule has 0 bridgehead atoms. The first kappa shape index (κ1) is 13.4. The number of nitrogens with two attached hydrogens (primary N) is 1. The highest BCUT2D eigenvalue weighted by Crippen LogP contribution is 2.26. The lowest BCUT2D eigenvalue weighted by atomic mass is 10.2. The van der Waals surface area contributed by atoms with E-state index in [0.717, 1.165) is 5.56 Å². The number of hydrogen-bond donors (Lipinski definition) is 2. The average Bonchev–Trinajstić information content (AvgIpc) is 2.22. The minimum atomic E-state index is -0.555. The van der Waals surface area contributed by atoms with Gasteiger partial charge in [-0.05, 0) is 39.3 Å². The second kappa shape index (κ2) is 5.57. The molecule has 0 aliphatic heterocycles. The molecular formula is C13H20N2O2. The van der Waals surface area contributed by atoms with Crippen molar-refractivity contribution in [3.05, 3.63) is 23.8 Å². The van der Waals surface area contributed by atoms with Gasteiger partial charge in [-0.1, -0.05) is 12.1 Å². The Bertz CT molecular complexity index is 382. The number of para-hydroxylation sites is 1. The van der Waals surface area contributed by atoms with Crippen LogP contribution >= 0.6 is 0 Å². The maximum Gasteiger partial charge on any atom is 0.260 e. The van der Waals surface area contributed by atoms with Crippen LogP contribution < -0.4 is 15.8 Å². The standard InChI is InChI=1S/C13H20N2O2/c1-8(2)15-13(16)10(4)17-12-9(3)6-5-7-11(12)14/h5-8,10H,14H2,1-4H3,(H,15,16). The van der Waals surface area contributed by atoms with Gasteiger partial charge in [-0.2, -0.15) is 0 Å². The predicted molar refractivity (Wildman–Crippen MR) is 69.0 cm³/mol. The molecule has 1 atom stereocenters. The Labute approximate surface area is 102 Å². The lowest BCUT2D eigenvalue weighted by Crippen LogP contribution is -2.40. The van der Waals surface area contributed by atoms with Crippen molar-refractivity contribution in [1.82, 2.24) is 5.32 Å². The number of nitrogen functional groups attached to an aromatic ring is 1. The molecule has 0 aliphatic rings. The van der Waals surface area contributed by atoms with Crippen LogP contribution in [0.15, 0.2) is 18.2 Å². The molecule has 17 heavy (non-hydrogen) atoms. The van der Waals surface area contributed by atoms with Crippen LogP contribution in [-0.2, 0) is 4.79 Å². The largest absolute Gasteiger partial charge is 0.478 e. The topological polar surface area (TPSA) is 64.3 Å². The number of nitrogens with one attached hydrogen (secondary N) is 1. The maximum atomic E-state index is 11.7. The Morgan fingerprint density at radius 2 is 2.00 bits per heavy atom. The van der Waals surface area contributed by atoms with E-state index < -0.39 is 6.10 Å². The molecule has 4 nitrogen and oxygen atoms in total. The summed E-state index contributed by atoms with van der Waals surface area (Å²) in [6.45, 7) is 7.43. The third-order valence-corrected chi connectivity index (χ3v) is 2.34. The number of amides is 1. The number of carbonyl (C=O) groups is 1. The summed E-state index contributed by atoms with van der Waals surface area (Å²) < 4.78 is 5.60. The van der Waals surface area contributed by atoms with Crippen LogP contribution in [-0.4, -0.2) is 18.1 Å².